The van der Waals surface area contributed by atoms with Crippen molar-refractivity contribution < 1.29 is 37.8 Å². The molecule has 0 saturated carbocycles. The summed E-state index contributed by atoms with van der Waals surface area (Å²) < 4.78 is 37.4. The number of aryl methyl sites for hydroxylation is 1. The van der Waals surface area contributed by atoms with E-state index in [9.17, 15) is 28.8 Å². The van der Waals surface area contributed by atoms with Gasteiger partial charge in [-0.3, -0.25) is 33.0 Å². The third-order valence-electron chi connectivity index (χ3n) is 6.63. The lowest BCUT2D eigenvalue weighted by Crippen LogP contribution is -2.39. The van der Waals surface area contributed by atoms with Crippen LogP contribution in [0, 0.1) is 12.3 Å². The van der Waals surface area contributed by atoms with Gasteiger partial charge in [-0.15, -0.1) is 0 Å². The number of carbonyl (C=O) groups is 2. The van der Waals surface area contributed by atoms with E-state index in [1.165, 1.54) is 25.3 Å². The van der Waals surface area contributed by atoms with Crippen LogP contribution in [-0.2, 0) is 39.1 Å². The van der Waals surface area contributed by atoms with Gasteiger partial charge in [-0.25, -0.2) is 14.4 Å². The maximum Gasteiger partial charge on any atom is 0.406 e. The van der Waals surface area contributed by atoms with Crippen LogP contribution in [0.5, 0.6) is 5.75 Å². The highest BCUT2D eigenvalue weighted by Crippen LogP contribution is 2.46. The highest BCUT2D eigenvalue weighted by Gasteiger charge is 2.40. The summed E-state index contributed by atoms with van der Waals surface area (Å²) in [4.78, 5) is 54.4. The lowest BCUT2D eigenvalue weighted by atomic mass is 10.00. The van der Waals surface area contributed by atoms with Crippen LogP contribution < -0.4 is 16.3 Å². The van der Waals surface area contributed by atoms with Crippen LogP contribution in [0.3, 0.4) is 0 Å². The largest absolute Gasteiger partial charge is 0.508 e. The summed E-state index contributed by atoms with van der Waals surface area (Å²) in [6, 6.07) is 3.93. The first kappa shape index (κ1) is 36.0. The Morgan fingerprint density at radius 2 is 1.98 bits per heavy atom. The van der Waals surface area contributed by atoms with Crippen molar-refractivity contribution in [3.63, 3.8) is 0 Å². The van der Waals surface area contributed by atoms with E-state index in [2.05, 4.69) is 20.1 Å². The van der Waals surface area contributed by atoms with Crippen molar-refractivity contribution in [2.75, 3.05) is 26.1 Å². The fourth-order valence-electron chi connectivity index (χ4n) is 4.20. The van der Waals surface area contributed by atoms with E-state index in [0.29, 0.717) is 5.56 Å². The molecule has 1 aromatic carbocycles. The second kappa shape index (κ2) is 15.7. The molecule has 3 N–H and O–H groups in total. The number of nitrogens with zero attached hydrogens (tertiary/aromatic N) is 4. The first-order valence-corrected chi connectivity index (χ1v) is 16.4. The number of thioether (sulfide) groups is 1. The Kier molecular flexibility index (Phi) is 12.6. The number of azide groups is 1. The van der Waals surface area contributed by atoms with Crippen molar-refractivity contribution in [2.45, 2.75) is 65.0 Å². The quantitative estimate of drug-likeness (QED) is 0.0658. The summed E-state index contributed by atoms with van der Waals surface area (Å²) in [7, 11) is -3.20. The summed E-state index contributed by atoms with van der Waals surface area (Å²) in [5.41, 5.74) is 8.09. The molecule has 18 heteroatoms. The normalized spacial score (nSPS) is 20.2. The number of nitrogens with one attached hydrogen (secondary N) is 2. The van der Waals surface area contributed by atoms with Gasteiger partial charge in [0, 0.05) is 34.3 Å². The Labute approximate surface area is 263 Å². The number of aromatic nitrogens is 2. The van der Waals surface area contributed by atoms with Gasteiger partial charge in [0.05, 0.1) is 32.5 Å². The summed E-state index contributed by atoms with van der Waals surface area (Å²) in [5.74, 6) is -0.626. The summed E-state index contributed by atoms with van der Waals surface area (Å²) >= 11 is 0.988. The molecule has 0 aliphatic carbocycles. The number of esters is 1. The molecule has 2 heterocycles. The number of phenols is 1. The standard InChI is InChI=1S/C27H37N6O10PS/c1-16-14-33(26(38)29-23(16)35)22-13-19(30-32-28)21(43-22)15-42-44(39,41-10-11-45-25(37)27(2,3)4)31-20(24(36)40-5)12-17-6-8-18(34)9-7-17/h6-9,14,19-22,34H,10-13,15H2,1-5H3,(H,31,39)(H,29,35,38)/t19?,20-,21?,22?,44?/m0/s1. The van der Waals surface area contributed by atoms with Crippen LogP contribution in [0.1, 0.15) is 44.5 Å². The molecule has 1 aliphatic heterocycles. The Morgan fingerprint density at radius 1 is 1.29 bits per heavy atom. The van der Waals surface area contributed by atoms with Gasteiger partial charge in [-0.2, -0.15) is 0 Å². The van der Waals surface area contributed by atoms with Gasteiger partial charge in [0.15, 0.2) is 5.12 Å². The minimum Gasteiger partial charge on any atom is -0.508 e. The Hall–Kier alpha value is -3.43. The number of phenolic OH excluding ortho intramolecular Hbond substituents is 1. The highest BCUT2D eigenvalue weighted by molar-refractivity contribution is 8.13. The minimum absolute atomic E-state index is 0.0151. The molecule has 1 fully saturated rings. The number of hydrogen-bond donors (Lipinski definition) is 3. The molecule has 16 nitrogen and oxygen atoms in total. The van der Waals surface area contributed by atoms with Gasteiger partial charge < -0.3 is 14.6 Å². The molecule has 5 atom stereocenters. The smallest absolute Gasteiger partial charge is 0.406 e. The zero-order chi connectivity index (χ0) is 33.4. The van der Waals surface area contributed by atoms with E-state index in [1.807, 2.05) is 0 Å². The molecule has 1 aliphatic rings. The van der Waals surface area contributed by atoms with E-state index in [4.69, 9.17) is 24.1 Å². The molecule has 45 heavy (non-hydrogen) atoms. The summed E-state index contributed by atoms with van der Waals surface area (Å²) in [5, 5.41) is 15.9. The lowest BCUT2D eigenvalue weighted by molar-refractivity contribution is -0.142. The van der Waals surface area contributed by atoms with Crippen LogP contribution in [0.4, 0.5) is 0 Å². The number of benzene rings is 1. The van der Waals surface area contributed by atoms with Crippen molar-refractivity contribution >= 4 is 30.6 Å². The molecule has 1 aromatic heterocycles. The maximum absolute atomic E-state index is 14.1. The predicted molar refractivity (Wildman–Crippen MR) is 165 cm³/mol. The fourth-order valence-corrected chi connectivity index (χ4v) is 6.58. The predicted octanol–water partition coefficient (Wildman–Crippen LogP) is 3.34. The maximum atomic E-state index is 14.1. The monoisotopic (exact) mass is 668 g/mol. The molecule has 3 rings (SSSR count). The Bertz CT molecular complexity index is 1570. The molecule has 4 unspecified atom stereocenters. The van der Waals surface area contributed by atoms with E-state index in [0.717, 1.165) is 23.4 Å². The van der Waals surface area contributed by atoms with E-state index in [1.54, 1.807) is 32.9 Å². The highest BCUT2D eigenvalue weighted by atomic mass is 32.2. The minimum atomic E-state index is -4.36. The second-order valence-corrected chi connectivity index (χ2v) is 14.0. The number of carbonyl (C=O) groups excluding carboxylic acids is 2. The van der Waals surface area contributed by atoms with E-state index in [-0.39, 0.29) is 41.6 Å². The number of ether oxygens (including phenoxy) is 2. The zero-order valence-electron chi connectivity index (χ0n) is 25.5. The molecule has 1 saturated heterocycles. The number of rotatable bonds is 14. The molecule has 0 bridgehead atoms. The SMILES string of the molecule is COC(=O)[C@H](Cc1ccc(O)cc1)NP(=O)(OCCSC(=O)C(C)(C)C)OCC1OC(n2cc(C)c(=O)[nH]c2=O)CC1N=[N+]=[N-]. The van der Waals surface area contributed by atoms with Crippen molar-refractivity contribution in [3.8, 4) is 5.75 Å². The number of hydrogen-bond acceptors (Lipinski definition) is 12. The molecule has 0 amide bonds. The van der Waals surface area contributed by atoms with Crippen molar-refractivity contribution in [1.29, 1.82) is 0 Å². The van der Waals surface area contributed by atoms with Crippen molar-refractivity contribution in [1.82, 2.24) is 14.6 Å². The molecular formula is C27H37N6O10PS. The van der Waals surface area contributed by atoms with Gasteiger partial charge in [0.2, 0.25) is 0 Å². The van der Waals surface area contributed by atoms with Gasteiger partial charge in [-0.1, -0.05) is 49.8 Å². The average molecular weight is 669 g/mol. The molecule has 0 spiro atoms. The third-order valence-corrected chi connectivity index (χ3v) is 9.52. The van der Waals surface area contributed by atoms with Crippen LogP contribution in [0.25, 0.3) is 10.4 Å². The van der Waals surface area contributed by atoms with Gasteiger partial charge in [0.1, 0.15) is 18.0 Å². The average Bonchev–Trinajstić information content (AvgIpc) is 3.38. The van der Waals surface area contributed by atoms with Crippen LogP contribution in [0.2, 0.25) is 0 Å². The summed E-state index contributed by atoms with van der Waals surface area (Å²) in [6.07, 6.45) is -0.604. The van der Waals surface area contributed by atoms with Gasteiger partial charge in [0.25, 0.3) is 5.56 Å². The molecule has 246 valence electrons. The Balaban J connectivity index is 1.82. The van der Waals surface area contributed by atoms with E-state index < -0.39 is 61.4 Å². The molecule has 0 radical (unpaired) electrons. The fraction of sp³-hybridized carbons (Fsp3) is 0.556. The van der Waals surface area contributed by atoms with Crippen molar-refractivity contribution in [3.05, 3.63) is 72.9 Å². The first-order chi connectivity index (χ1) is 21.2. The lowest BCUT2D eigenvalue weighted by Gasteiger charge is -2.26. The van der Waals surface area contributed by atoms with Crippen LogP contribution in [0.15, 0.2) is 45.2 Å². The van der Waals surface area contributed by atoms with E-state index >= 15 is 0 Å². The number of aromatic amines is 1. The van der Waals surface area contributed by atoms with Gasteiger partial charge in [-0.05, 0) is 36.6 Å². The third kappa shape index (κ3) is 10.3. The Morgan fingerprint density at radius 3 is 2.60 bits per heavy atom. The molecule has 2 aromatic rings. The van der Waals surface area contributed by atoms with Crippen molar-refractivity contribution in [2.24, 2.45) is 10.5 Å². The van der Waals surface area contributed by atoms with Crippen LogP contribution in [-0.4, -0.2) is 70.0 Å². The number of H-pyrrole nitrogens is 1. The molecular weight excluding hydrogens is 631 g/mol. The second-order valence-electron chi connectivity index (χ2n) is 11.2. The zero-order valence-corrected chi connectivity index (χ0v) is 27.2. The topological polar surface area (TPSA) is 224 Å². The number of aromatic hydroxyl groups is 1. The first-order valence-electron chi connectivity index (χ1n) is 13.9. The summed E-state index contributed by atoms with van der Waals surface area (Å²) in [6.45, 7) is 6.14. The van der Waals surface area contributed by atoms with Gasteiger partial charge >= 0.3 is 19.4 Å². The van der Waals surface area contributed by atoms with Crippen LogP contribution >= 0.6 is 19.5 Å². The number of methoxy groups -OCH3 is 1.